The highest BCUT2D eigenvalue weighted by molar-refractivity contribution is 6.14. The molecule has 23 heavy (non-hydrogen) atoms. The van der Waals surface area contributed by atoms with Crippen LogP contribution in [0.2, 0.25) is 0 Å². The number of hydrogen-bond donors (Lipinski definition) is 2. The zero-order valence-electron chi connectivity index (χ0n) is 13.4. The summed E-state index contributed by atoms with van der Waals surface area (Å²) in [7, 11) is 0. The lowest BCUT2D eigenvalue weighted by molar-refractivity contribution is -0.119. The Kier molecular flexibility index (Phi) is 4.60. The Hall–Kier alpha value is -2.37. The van der Waals surface area contributed by atoms with Gasteiger partial charge >= 0.3 is 0 Å². The van der Waals surface area contributed by atoms with Gasteiger partial charge in [0, 0.05) is 24.5 Å². The molecule has 1 aromatic rings. The molecule has 122 valence electrons. The molecule has 0 saturated heterocycles. The topological polar surface area (TPSA) is 73.8 Å². The molecule has 1 aromatic carbocycles. The van der Waals surface area contributed by atoms with Gasteiger partial charge in [0.25, 0.3) is 0 Å². The number of nitrogens with zero attached hydrogens (tertiary/aromatic N) is 2. The second-order valence-electron chi connectivity index (χ2n) is 6.05. The minimum Gasteiger partial charge on any atom is -0.371 e. The number of benzene rings is 1. The van der Waals surface area contributed by atoms with E-state index in [1.54, 1.807) is 0 Å². The molecule has 0 bridgehead atoms. The molecular formula is C17H22N4O2. The first-order valence-corrected chi connectivity index (χ1v) is 8.17. The summed E-state index contributed by atoms with van der Waals surface area (Å²) in [6, 6.07) is 6.09. The van der Waals surface area contributed by atoms with E-state index in [1.807, 2.05) is 6.07 Å². The molecule has 0 radical (unpaired) electrons. The van der Waals surface area contributed by atoms with Crippen molar-refractivity contribution in [2.45, 2.75) is 39.0 Å². The lowest BCUT2D eigenvalue weighted by Crippen LogP contribution is -2.21. The molecule has 2 aliphatic rings. The molecule has 2 N–H and O–H groups in total. The summed E-state index contributed by atoms with van der Waals surface area (Å²) >= 11 is 0. The van der Waals surface area contributed by atoms with Crippen molar-refractivity contribution >= 4 is 28.9 Å². The van der Waals surface area contributed by atoms with Gasteiger partial charge in [0.15, 0.2) is 0 Å². The number of anilines is 2. The predicted octanol–water partition coefficient (Wildman–Crippen LogP) is 2.05. The minimum absolute atomic E-state index is 0.140. The Balaban J connectivity index is 1.62. The van der Waals surface area contributed by atoms with Crippen molar-refractivity contribution in [1.29, 1.82) is 0 Å². The SMILES string of the molecule is CCCCN1CCc2ccc(NC(=O)CC3=NNC(=O)C3)cc21. The average Bonchev–Trinajstić information content (AvgIpc) is 3.11. The van der Waals surface area contributed by atoms with E-state index in [4.69, 9.17) is 0 Å². The van der Waals surface area contributed by atoms with Crippen molar-refractivity contribution in [3.05, 3.63) is 23.8 Å². The van der Waals surface area contributed by atoms with E-state index in [1.165, 1.54) is 24.1 Å². The van der Waals surface area contributed by atoms with E-state index in [0.717, 1.165) is 25.2 Å². The standard InChI is InChI=1S/C17H22N4O2/c1-2-3-7-21-8-6-12-4-5-13(9-15(12)21)18-16(22)10-14-11-17(23)20-19-14/h4-5,9H,2-3,6-8,10-11H2,1H3,(H,18,22)(H,20,23). The van der Waals surface area contributed by atoms with E-state index in [9.17, 15) is 9.59 Å². The normalized spacial score (nSPS) is 16.1. The molecule has 0 saturated carbocycles. The molecule has 2 amide bonds. The highest BCUT2D eigenvalue weighted by Gasteiger charge is 2.20. The van der Waals surface area contributed by atoms with Crippen LogP contribution in [0.3, 0.4) is 0 Å². The van der Waals surface area contributed by atoms with E-state index >= 15 is 0 Å². The second kappa shape index (κ2) is 6.81. The molecule has 2 aliphatic heterocycles. The maximum absolute atomic E-state index is 12.1. The number of rotatable bonds is 6. The third kappa shape index (κ3) is 3.70. The minimum atomic E-state index is -0.156. The summed E-state index contributed by atoms with van der Waals surface area (Å²) in [5, 5.41) is 6.75. The van der Waals surface area contributed by atoms with E-state index in [-0.39, 0.29) is 24.7 Å². The fourth-order valence-corrected chi connectivity index (χ4v) is 3.00. The first kappa shape index (κ1) is 15.5. The lowest BCUT2D eigenvalue weighted by Gasteiger charge is -2.19. The summed E-state index contributed by atoms with van der Waals surface area (Å²) in [5.74, 6) is -0.296. The molecular weight excluding hydrogens is 292 g/mol. The molecule has 6 heteroatoms. The van der Waals surface area contributed by atoms with Crippen LogP contribution in [0.4, 0.5) is 11.4 Å². The van der Waals surface area contributed by atoms with Gasteiger partial charge in [-0.05, 0) is 30.5 Å². The van der Waals surface area contributed by atoms with Gasteiger partial charge < -0.3 is 10.2 Å². The fraction of sp³-hybridized carbons (Fsp3) is 0.471. The molecule has 3 rings (SSSR count). The van der Waals surface area contributed by atoms with E-state index in [0.29, 0.717) is 5.71 Å². The zero-order chi connectivity index (χ0) is 16.2. The Morgan fingerprint density at radius 2 is 2.30 bits per heavy atom. The van der Waals surface area contributed by atoms with Crippen LogP contribution in [0.25, 0.3) is 0 Å². The second-order valence-corrected chi connectivity index (χ2v) is 6.05. The Morgan fingerprint density at radius 1 is 1.43 bits per heavy atom. The van der Waals surface area contributed by atoms with E-state index < -0.39 is 0 Å². The van der Waals surface area contributed by atoms with Gasteiger partial charge in [-0.25, -0.2) is 5.43 Å². The molecule has 0 unspecified atom stereocenters. The highest BCUT2D eigenvalue weighted by atomic mass is 16.2. The number of amides is 2. The van der Waals surface area contributed by atoms with Crippen LogP contribution >= 0.6 is 0 Å². The molecule has 0 fully saturated rings. The van der Waals surface area contributed by atoms with Crippen LogP contribution in [0, 0.1) is 0 Å². The van der Waals surface area contributed by atoms with Crippen LogP contribution in [0.15, 0.2) is 23.3 Å². The Morgan fingerprint density at radius 3 is 3.04 bits per heavy atom. The predicted molar refractivity (Wildman–Crippen MR) is 90.7 cm³/mol. The number of carbonyl (C=O) groups excluding carboxylic acids is 2. The summed E-state index contributed by atoms with van der Waals surface area (Å²) in [5.41, 5.74) is 6.31. The summed E-state index contributed by atoms with van der Waals surface area (Å²) in [6.07, 6.45) is 3.78. The third-order valence-corrected chi connectivity index (χ3v) is 4.21. The largest absolute Gasteiger partial charge is 0.371 e. The first-order valence-electron chi connectivity index (χ1n) is 8.17. The molecule has 0 spiro atoms. The van der Waals surface area contributed by atoms with Crippen molar-refractivity contribution in [3.8, 4) is 0 Å². The number of carbonyl (C=O) groups is 2. The Bertz CT molecular complexity index is 654. The van der Waals surface area contributed by atoms with Crippen LogP contribution in [-0.2, 0) is 16.0 Å². The molecule has 0 aromatic heterocycles. The van der Waals surface area contributed by atoms with Crippen molar-refractivity contribution in [2.75, 3.05) is 23.3 Å². The number of hydrogen-bond acceptors (Lipinski definition) is 4. The van der Waals surface area contributed by atoms with Crippen LogP contribution in [-0.4, -0.2) is 30.6 Å². The molecule has 0 atom stereocenters. The third-order valence-electron chi connectivity index (χ3n) is 4.21. The summed E-state index contributed by atoms with van der Waals surface area (Å²) in [6.45, 7) is 4.31. The van der Waals surface area contributed by atoms with Crippen LogP contribution in [0.1, 0.15) is 38.2 Å². The number of nitrogens with one attached hydrogen (secondary N) is 2. The number of unbranched alkanes of at least 4 members (excludes halogenated alkanes) is 1. The van der Waals surface area contributed by atoms with E-state index in [2.05, 4.69) is 39.8 Å². The van der Waals surface area contributed by atoms with Crippen molar-refractivity contribution in [2.24, 2.45) is 5.10 Å². The summed E-state index contributed by atoms with van der Waals surface area (Å²) < 4.78 is 0. The fourth-order valence-electron chi connectivity index (χ4n) is 3.00. The average molecular weight is 314 g/mol. The van der Waals surface area contributed by atoms with Gasteiger partial charge in [0.2, 0.25) is 11.8 Å². The highest BCUT2D eigenvalue weighted by Crippen LogP contribution is 2.31. The molecule has 6 nitrogen and oxygen atoms in total. The van der Waals surface area contributed by atoms with Gasteiger partial charge in [0.05, 0.1) is 18.6 Å². The maximum atomic E-state index is 12.1. The van der Waals surface area contributed by atoms with Crippen molar-refractivity contribution < 1.29 is 9.59 Å². The Labute approximate surface area is 135 Å². The summed E-state index contributed by atoms with van der Waals surface area (Å²) in [4.78, 5) is 25.6. The van der Waals surface area contributed by atoms with Gasteiger partial charge in [-0.1, -0.05) is 19.4 Å². The number of fused-ring (bicyclic) bond motifs is 1. The van der Waals surface area contributed by atoms with Crippen molar-refractivity contribution in [1.82, 2.24) is 5.43 Å². The smallest absolute Gasteiger partial charge is 0.245 e. The molecule has 0 aliphatic carbocycles. The van der Waals surface area contributed by atoms with Crippen molar-refractivity contribution in [3.63, 3.8) is 0 Å². The van der Waals surface area contributed by atoms with Gasteiger partial charge in [0.1, 0.15) is 0 Å². The quantitative estimate of drug-likeness (QED) is 0.844. The monoisotopic (exact) mass is 314 g/mol. The molecule has 2 heterocycles. The maximum Gasteiger partial charge on any atom is 0.245 e. The van der Waals surface area contributed by atoms with Gasteiger partial charge in [-0.2, -0.15) is 5.10 Å². The van der Waals surface area contributed by atoms with Crippen LogP contribution in [0.5, 0.6) is 0 Å². The first-order chi connectivity index (χ1) is 11.2. The lowest BCUT2D eigenvalue weighted by atomic mass is 10.1. The zero-order valence-corrected chi connectivity index (χ0v) is 13.4. The van der Waals surface area contributed by atoms with Gasteiger partial charge in [-0.15, -0.1) is 0 Å². The van der Waals surface area contributed by atoms with Crippen LogP contribution < -0.4 is 15.6 Å². The van der Waals surface area contributed by atoms with Gasteiger partial charge in [-0.3, -0.25) is 9.59 Å². The number of hydrazone groups is 1.